The van der Waals surface area contributed by atoms with Gasteiger partial charge in [-0.25, -0.2) is 4.79 Å². The second kappa shape index (κ2) is 18.1. The first-order valence-corrected chi connectivity index (χ1v) is 16.0. The molecule has 2 rings (SSSR count). The van der Waals surface area contributed by atoms with Gasteiger partial charge in [-0.2, -0.15) is 0 Å². The van der Waals surface area contributed by atoms with E-state index in [2.05, 4.69) is 17.6 Å². The zero-order chi connectivity index (χ0) is 32.7. The first kappa shape index (κ1) is 36.4. The third-order valence-corrected chi connectivity index (χ3v) is 7.33. The molecule has 2 aromatic rings. The molecule has 4 N–H and O–H groups in total. The largest absolute Gasteiger partial charge is 0.508 e. The monoisotopic (exact) mass is 611 g/mol. The van der Waals surface area contributed by atoms with Gasteiger partial charge in [0, 0.05) is 19.5 Å². The minimum Gasteiger partial charge on any atom is -0.508 e. The van der Waals surface area contributed by atoms with Crippen molar-refractivity contribution in [1.29, 1.82) is 0 Å². The summed E-state index contributed by atoms with van der Waals surface area (Å²) in [5.41, 5.74) is 1.11. The van der Waals surface area contributed by atoms with Crippen LogP contribution >= 0.6 is 0 Å². The molecule has 2 atom stereocenters. The molecule has 0 spiro atoms. The second-order valence-electron chi connectivity index (χ2n) is 12.5. The summed E-state index contributed by atoms with van der Waals surface area (Å²) in [6.45, 7) is 12.0. The molecule has 0 aliphatic rings. The molecule has 0 heterocycles. The number of carbonyl (C=O) groups excluding carboxylic acids is 3. The minimum atomic E-state index is -1.04. The molecule has 0 bridgehead atoms. The number of hydrogen-bond donors (Lipinski definition) is 4. The summed E-state index contributed by atoms with van der Waals surface area (Å²) in [6.07, 6.45) is 7.06. The smallest absolute Gasteiger partial charge is 0.408 e. The number of aryl methyl sites for hydroxylation is 1. The van der Waals surface area contributed by atoms with Crippen LogP contribution in [0, 0.1) is 6.92 Å². The number of aromatic hydroxyl groups is 2. The molecule has 244 valence electrons. The van der Waals surface area contributed by atoms with Crippen LogP contribution in [0.2, 0.25) is 0 Å². The highest BCUT2D eigenvalue weighted by atomic mass is 16.6. The lowest BCUT2D eigenvalue weighted by Gasteiger charge is -2.35. The van der Waals surface area contributed by atoms with Gasteiger partial charge in [0.1, 0.15) is 29.2 Å². The maximum atomic E-state index is 14.6. The first-order valence-electron chi connectivity index (χ1n) is 16.0. The van der Waals surface area contributed by atoms with Crippen molar-refractivity contribution >= 4 is 17.9 Å². The Hall–Kier alpha value is -3.75. The van der Waals surface area contributed by atoms with Gasteiger partial charge in [0.25, 0.3) is 0 Å². The maximum Gasteiger partial charge on any atom is 0.408 e. The number of hydrogen-bond acceptors (Lipinski definition) is 6. The summed E-state index contributed by atoms with van der Waals surface area (Å²) in [5, 5.41) is 25.8. The number of ether oxygens (including phenoxy) is 1. The summed E-state index contributed by atoms with van der Waals surface area (Å²) < 4.78 is 5.51. The highest BCUT2D eigenvalue weighted by Crippen LogP contribution is 2.28. The fourth-order valence-corrected chi connectivity index (χ4v) is 4.95. The van der Waals surface area contributed by atoms with Crippen molar-refractivity contribution in [1.82, 2.24) is 15.5 Å². The zero-order valence-corrected chi connectivity index (χ0v) is 27.4. The van der Waals surface area contributed by atoms with E-state index < -0.39 is 29.7 Å². The van der Waals surface area contributed by atoms with E-state index in [-0.39, 0.29) is 23.8 Å². The Morgan fingerprint density at radius 2 is 1.52 bits per heavy atom. The van der Waals surface area contributed by atoms with Crippen LogP contribution in [0.5, 0.6) is 11.5 Å². The Labute approximate surface area is 263 Å². The van der Waals surface area contributed by atoms with Gasteiger partial charge in [-0.3, -0.25) is 9.59 Å². The van der Waals surface area contributed by atoms with Crippen molar-refractivity contribution in [3.63, 3.8) is 0 Å². The van der Waals surface area contributed by atoms with Gasteiger partial charge in [-0.1, -0.05) is 70.6 Å². The number of amides is 3. The van der Waals surface area contributed by atoms with Gasteiger partial charge in [0.05, 0.1) is 0 Å². The fourth-order valence-electron chi connectivity index (χ4n) is 4.95. The number of rotatable bonds is 17. The number of phenols is 2. The lowest BCUT2D eigenvalue weighted by atomic mass is 9.98. The molecule has 0 radical (unpaired) electrons. The zero-order valence-electron chi connectivity index (χ0n) is 27.4. The average Bonchev–Trinajstić information content (AvgIpc) is 2.95. The van der Waals surface area contributed by atoms with Crippen molar-refractivity contribution in [2.45, 2.75) is 117 Å². The Bertz CT molecular complexity index is 1190. The highest BCUT2D eigenvalue weighted by Gasteiger charge is 2.36. The van der Waals surface area contributed by atoms with Crippen LogP contribution in [0.25, 0.3) is 0 Å². The number of phenolic OH excluding ortho intramolecular Hbond substituents is 2. The van der Waals surface area contributed by atoms with E-state index >= 15 is 0 Å². The Kier molecular flexibility index (Phi) is 15.0. The Morgan fingerprint density at radius 3 is 2.14 bits per heavy atom. The van der Waals surface area contributed by atoms with E-state index in [4.69, 9.17) is 4.74 Å². The first-order chi connectivity index (χ1) is 20.9. The van der Waals surface area contributed by atoms with Crippen molar-refractivity contribution in [3.05, 3.63) is 59.2 Å². The van der Waals surface area contributed by atoms with E-state index in [1.54, 1.807) is 56.9 Å². The number of unbranched alkanes of at least 4 members (excludes halogenated alkanes) is 6. The molecule has 0 saturated heterocycles. The van der Waals surface area contributed by atoms with E-state index in [0.29, 0.717) is 30.6 Å². The molecule has 44 heavy (non-hydrogen) atoms. The summed E-state index contributed by atoms with van der Waals surface area (Å²) in [4.78, 5) is 43.0. The molecule has 9 heteroatoms. The van der Waals surface area contributed by atoms with Gasteiger partial charge >= 0.3 is 6.09 Å². The quantitative estimate of drug-likeness (QED) is 0.148. The van der Waals surface area contributed by atoms with Gasteiger partial charge < -0.3 is 30.5 Å². The van der Waals surface area contributed by atoms with Crippen molar-refractivity contribution in [3.8, 4) is 11.5 Å². The number of benzene rings is 2. The van der Waals surface area contributed by atoms with Crippen LogP contribution in [0.3, 0.4) is 0 Å². The summed E-state index contributed by atoms with van der Waals surface area (Å²) in [7, 11) is 0. The lowest BCUT2D eigenvalue weighted by Crippen LogP contribution is -2.54. The van der Waals surface area contributed by atoms with Gasteiger partial charge in [-0.05, 0) is 81.5 Å². The van der Waals surface area contributed by atoms with E-state index in [1.807, 2.05) is 6.92 Å². The predicted molar refractivity (Wildman–Crippen MR) is 174 cm³/mol. The van der Waals surface area contributed by atoms with Crippen LogP contribution in [-0.2, 0) is 20.7 Å². The van der Waals surface area contributed by atoms with Gasteiger partial charge in [0.2, 0.25) is 11.8 Å². The van der Waals surface area contributed by atoms with Crippen LogP contribution in [0.4, 0.5) is 4.79 Å². The van der Waals surface area contributed by atoms with Crippen LogP contribution in [0.1, 0.15) is 109 Å². The van der Waals surface area contributed by atoms with Crippen molar-refractivity contribution in [2.24, 2.45) is 0 Å². The third kappa shape index (κ3) is 12.5. The SMILES string of the molecule is CCCCCCCCN(C(=O)C(Cc1ccc(O)cc1)NC(=O)OC(C)(C)C)C(C(=O)NCCCC)c1ccc(O)c(C)c1. The van der Waals surface area contributed by atoms with E-state index in [9.17, 15) is 24.6 Å². The molecule has 9 nitrogen and oxygen atoms in total. The van der Waals surface area contributed by atoms with E-state index in [0.717, 1.165) is 50.5 Å². The highest BCUT2D eigenvalue weighted by molar-refractivity contribution is 5.92. The molecule has 3 amide bonds. The standard InChI is InChI=1S/C35H53N3O6/c1-7-9-11-12-13-14-22-38(31(32(41)36-21-10-8-2)27-17-20-30(40)25(3)23-27)33(42)29(37-34(43)44-35(4,5)6)24-26-15-18-28(39)19-16-26/h15-20,23,29,31,39-40H,7-14,21-22,24H2,1-6H3,(H,36,41)(H,37,43). The van der Waals surface area contributed by atoms with Crippen LogP contribution in [0.15, 0.2) is 42.5 Å². The third-order valence-electron chi connectivity index (χ3n) is 7.33. The lowest BCUT2D eigenvalue weighted by molar-refractivity contribution is -0.142. The topological polar surface area (TPSA) is 128 Å². The number of alkyl carbamates (subject to hydrolysis) is 1. The van der Waals surface area contributed by atoms with Crippen molar-refractivity contribution < 1.29 is 29.3 Å². The number of carbonyl (C=O) groups is 3. The van der Waals surface area contributed by atoms with Crippen LogP contribution in [-0.4, -0.2) is 57.8 Å². The molecule has 0 aliphatic carbocycles. The summed E-state index contributed by atoms with van der Waals surface area (Å²) in [5.74, 6) is -0.542. The Morgan fingerprint density at radius 1 is 0.886 bits per heavy atom. The van der Waals surface area contributed by atoms with Gasteiger partial charge in [-0.15, -0.1) is 0 Å². The molecular formula is C35H53N3O6. The van der Waals surface area contributed by atoms with Crippen molar-refractivity contribution in [2.75, 3.05) is 13.1 Å². The van der Waals surface area contributed by atoms with E-state index in [1.165, 1.54) is 18.2 Å². The average molecular weight is 612 g/mol. The summed E-state index contributed by atoms with van der Waals surface area (Å²) >= 11 is 0. The minimum absolute atomic E-state index is 0.0907. The van der Waals surface area contributed by atoms with Gasteiger partial charge in [0.15, 0.2) is 0 Å². The Balaban J connectivity index is 2.55. The summed E-state index contributed by atoms with van der Waals surface area (Å²) in [6, 6.07) is 9.38. The van der Waals surface area contributed by atoms with Crippen LogP contribution < -0.4 is 10.6 Å². The normalized spacial score (nSPS) is 12.7. The number of nitrogens with one attached hydrogen (secondary N) is 2. The predicted octanol–water partition coefficient (Wildman–Crippen LogP) is 6.69. The molecule has 0 aromatic heterocycles. The molecule has 0 fully saturated rings. The molecule has 2 unspecified atom stereocenters. The molecule has 0 saturated carbocycles. The maximum absolute atomic E-state index is 14.6. The molecular weight excluding hydrogens is 558 g/mol. The second-order valence-corrected chi connectivity index (χ2v) is 12.5. The fraction of sp³-hybridized carbons (Fsp3) is 0.571. The number of nitrogens with zero attached hydrogens (tertiary/aromatic N) is 1. The molecule has 0 aliphatic heterocycles. The molecule has 2 aromatic carbocycles.